The molecular weight excluding hydrogens is 362 g/mol. The zero-order valence-corrected chi connectivity index (χ0v) is 16.5. The number of methoxy groups -OCH3 is 1. The number of carboxylic acids is 1. The van der Waals surface area contributed by atoms with Crippen molar-refractivity contribution in [1.29, 1.82) is 0 Å². The first kappa shape index (κ1) is 19.7. The molecule has 1 saturated heterocycles. The molecule has 150 valence electrons. The third-order valence-electron chi connectivity index (χ3n) is 4.50. The molecule has 0 bridgehead atoms. The number of carboxylic acid groups (broad SMARTS) is 1. The van der Waals surface area contributed by atoms with Gasteiger partial charge in [0.2, 0.25) is 0 Å². The van der Waals surface area contributed by atoms with Gasteiger partial charge in [-0.25, -0.2) is 9.59 Å². The van der Waals surface area contributed by atoms with Crippen LogP contribution in [0.3, 0.4) is 0 Å². The highest BCUT2D eigenvalue weighted by Gasteiger charge is 2.31. The molecule has 1 atom stereocenters. The number of nitrogens with zero attached hydrogens (tertiary/aromatic N) is 2. The topological polar surface area (TPSA) is 101 Å². The lowest BCUT2D eigenvalue weighted by Crippen LogP contribution is -2.36. The van der Waals surface area contributed by atoms with Crippen LogP contribution in [0.4, 0.5) is 10.5 Å². The number of ether oxygens (including phenoxy) is 2. The van der Waals surface area contributed by atoms with Crippen LogP contribution >= 0.6 is 0 Å². The SMILES string of the molecule is COc1cccc2c(N[C@@H]3CCN(C(=O)OC(C)(C)C)C3)c(C(=O)O)cnc12. The summed E-state index contributed by atoms with van der Waals surface area (Å²) in [5.74, 6) is -0.499. The van der Waals surface area contributed by atoms with E-state index in [-0.39, 0.29) is 17.7 Å². The van der Waals surface area contributed by atoms with Crippen molar-refractivity contribution in [2.75, 3.05) is 25.5 Å². The molecule has 0 unspecified atom stereocenters. The van der Waals surface area contributed by atoms with Crippen molar-refractivity contribution in [2.24, 2.45) is 0 Å². The number of carbonyl (C=O) groups is 2. The van der Waals surface area contributed by atoms with Crippen LogP contribution in [-0.2, 0) is 4.74 Å². The molecule has 1 aliphatic heterocycles. The van der Waals surface area contributed by atoms with Gasteiger partial charge < -0.3 is 24.8 Å². The van der Waals surface area contributed by atoms with E-state index in [9.17, 15) is 14.7 Å². The average Bonchev–Trinajstić information content (AvgIpc) is 3.08. The van der Waals surface area contributed by atoms with Crippen LogP contribution < -0.4 is 10.1 Å². The van der Waals surface area contributed by atoms with Crippen molar-refractivity contribution < 1.29 is 24.2 Å². The second-order valence-corrected chi connectivity index (χ2v) is 7.76. The number of anilines is 1. The van der Waals surface area contributed by atoms with Gasteiger partial charge >= 0.3 is 12.1 Å². The Morgan fingerprint density at radius 1 is 1.32 bits per heavy atom. The van der Waals surface area contributed by atoms with Gasteiger partial charge in [-0.15, -0.1) is 0 Å². The van der Waals surface area contributed by atoms with E-state index in [4.69, 9.17) is 9.47 Å². The Hall–Kier alpha value is -3.03. The van der Waals surface area contributed by atoms with E-state index >= 15 is 0 Å². The maximum atomic E-state index is 12.3. The molecule has 1 fully saturated rings. The molecule has 1 amide bonds. The number of para-hydroxylation sites is 1. The zero-order valence-electron chi connectivity index (χ0n) is 16.5. The minimum Gasteiger partial charge on any atom is -0.494 e. The molecule has 8 nitrogen and oxygen atoms in total. The first-order valence-electron chi connectivity index (χ1n) is 9.13. The fourth-order valence-electron chi connectivity index (χ4n) is 3.25. The molecule has 0 saturated carbocycles. The predicted molar refractivity (Wildman–Crippen MR) is 105 cm³/mol. The van der Waals surface area contributed by atoms with Gasteiger partial charge in [0.05, 0.1) is 12.8 Å². The highest BCUT2D eigenvalue weighted by molar-refractivity contribution is 6.05. The first-order valence-corrected chi connectivity index (χ1v) is 9.13. The van der Waals surface area contributed by atoms with E-state index in [2.05, 4.69) is 10.3 Å². The molecule has 0 radical (unpaired) electrons. The lowest BCUT2D eigenvalue weighted by atomic mass is 10.1. The molecule has 2 heterocycles. The number of aromatic nitrogens is 1. The van der Waals surface area contributed by atoms with Crippen LogP contribution in [0.1, 0.15) is 37.6 Å². The number of nitrogens with one attached hydrogen (secondary N) is 1. The lowest BCUT2D eigenvalue weighted by molar-refractivity contribution is 0.0293. The van der Waals surface area contributed by atoms with Gasteiger partial charge in [0, 0.05) is 30.7 Å². The summed E-state index contributed by atoms with van der Waals surface area (Å²) in [7, 11) is 1.55. The summed E-state index contributed by atoms with van der Waals surface area (Å²) >= 11 is 0. The smallest absolute Gasteiger partial charge is 0.410 e. The van der Waals surface area contributed by atoms with Gasteiger partial charge in [0.15, 0.2) is 0 Å². The van der Waals surface area contributed by atoms with Gasteiger partial charge in [-0.05, 0) is 33.3 Å². The van der Waals surface area contributed by atoms with Crippen molar-refractivity contribution in [3.63, 3.8) is 0 Å². The number of rotatable bonds is 4. The third kappa shape index (κ3) is 4.11. The van der Waals surface area contributed by atoms with Crippen LogP contribution in [0, 0.1) is 0 Å². The van der Waals surface area contributed by atoms with Crippen LogP contribution in [0.5, 0.6) is 5.75 Å². The molecule has 1 aromatic carbocycles. The highest BCUT2D eigenvalue weighted by Crippen LogP contribution is 2.33. The second kappa shape index (κ2) is 7.53. The van der Waals surface area contributed by atoms with Gasteiger partial charge in [0.25, 0.3) is 0 Å². The number of carbonyl (C=O) groups excluding carboxylic acids is 1. The second-order valence-electron chi connectivity index (χ2n) is 7.76. The van der Waals surface area contributed by atoms with E-state index < -0.39 is 11.6 Å². The standard InChI is InChI=1S/C20H25N3O5/c1-20(2,3)28-19(26)23-9-8-12(11-23)22-16-13-6-5-7-15(27-4)17(13)21-10-14(16)18(24)25/h5-7,10,12H,8-9,11H2,1-4H3,(H,21,22)(H,24,25)/t12-/m1/s1. The number of hydrogen-bond donors (Lipinski definition) is 2. The summed E-state index contributed by atoms with van der Waals surface area (Å²) in [4.78, 5) is 29.9. The van der Waals surface area contributed by atoms with E-state index in [1.165, 1.54) is 6.20 Å². The number of hydrogen-bond acceptors (Lipinski definition) is 6. The first-order chi connectivity index (χ1) is 13.2. The van der Waals surface area contributed by atoms with E-state index in [0.29, 0.717) is 41.9 Å². The average molecular weight is 387 g/mol. The van der Waals surface area contributed by atoms with Gasteiger partial charge in [0.1, 0.15) is 22.4 Å². The maximum absolute atomic E-state index is 12.3. The zero-order chi connectivity index (χ0) is 20.5. The van der Waals surface area contributed by atoms with Crippen LogP contribution in [0.2, 0.25) is 0 Å². The number of likely N-dealkylation sites (tertiary alicyclic amines) is 1. The van der Waals surface area contributed by atoms with Crippen LogP contribution in [0.15, 0.2) is 24.4 Å². The Morgan fingerprint density at radius 3 is 2.71 bits per heavy atom. The number of amides is 1. The Balaban J connectivity index is 1.87. The molecule has 2 N–H and O–H groups in total. The third-order valence-corrected chi connectivity index (χ3v) is 4.50. The van der Waals surface area contributed by atoms with Crippen molar-refractivity contribution in [2.45, 2.75) is 38.8 Å². The molecule has 1 aromatic heterocycles. The lowest BCUT2D eigenvalue weighted by Gasteiger charge is -2.24. The summed E-state index contributed by atoms with van der Waals surface area (Å²) < 4.78 is 10.8. The Bertz CT molecular complexity index is 907. The summed E-state index contributed by atoms with van der Waals surface area (Å²) in [6, 6.07) is 5.28. The van der Waals surface area contributed by atoms with Gasteiger partial charge in [-0.1, -0.05) is 12.1 Å². The Morgan fingerprint density at radius 2 is 2.07 bits per heavy atom. The summed E-state index contributed by atoms with van der Waals surface area (Å²) in [5.41, 5.74) is 0.583. The minimum absolute atomic E-state index is 0.0801. The van der Waals surface area contributed by atoms with Crippen molar-refractivity contribution in [3.8, 4) is 5.75 Å². The van der Waals surface area contributed by atoms with Crippen molar-refractivity contribution in [3.05, 3.63) is 30.0 Å². The maximum Gasteiger partial charge on any atom is 0.410 e. The van der Waals surface area contributed by atoms with Crippen LogP contribution in [0.25, 0.3) is 10.9 Å². The fraction of sp³-hybridized carbons (Fsp3) is 0.450. The number of pyridine rings is 1. The quantitative estimate of drug-likeness (QED) is 0.829. The van der Waals surface area contributed by atoms with E-state index in [1.807, 2.05) is 20.8 Å². The molecule has 8 heteroatoms. The Labute approximate surface area is 163 Å². The molecular formula is C20H25N3O5. The minimum atomic E-state index is -1.07. The van der Waals surface area contributed by atoms with E-state index in [1.54, 1.807) is 30.2 Å². The molecule has 3 rings (SSSR count). The van der Waals surface area contributed by atoms with Gasteiger partial charge in [-0.3, -0.25) is 4.98 Å². The highest BCUT2D eigenvalue weighted by atomic mass is 16.6. The fourth-order valence-corrected chi connectivity index (χ4v) is 3.25. The summed E-state index contributed by atoms with van der Waals surface area (Å²) in [5, 5.41) is 13.6. The van der Waals surface area contributed by atoms with E-state index in [0.717, 1.165) is 0 Å². The summed E-state index contributed by atoms with van der Waals surface area (Å²) in [6.45, 7) is 6.45. The number of aromatic carboxylic acids is 1. The molecule has 0 aliphatic carbocycles. The Kier molecular flexibility index (Phi) is 5.31. The molecule has 28 heavy (non-hydrogen) atoms. The number of fused-ring (bicyclic) bond motifs is 1. The van der Waals surface area contributed by atoms with Crippen molar-refractivity contribution in [1.82, 2.24) is 9.88 Å². The molecule has 1 aliphatic rings. The normalized spacial score (nSPS) is 16.9. The monoisotopic (exact) mass is 387 g/mol. The number of benzene rings is 1. The van der Waals surface area contributed by atoms with Crippen LogP contribution in [-0.4, -0.2) is 58.9 Å². The largest absolute Gasteiger partial charge is 0.494 e. The molecule has 2 aromatic rings. The predicted octanol–water partition coefficient (Wildman–Crippen LogP) is 3.36. The van der Waals surface area contributed by atoms with Crippen molar-refractivity contribution >= 4 is 28.7 Å². The molecule has 0 spiro atoms. The summed E-state index contributed by atoms with van der Waals surface area (Å²) in [6.07, 6.45) is 1.65. The van der Waals surface area contributed by atoms with Gasteiger partial charge in [-0.2, -0.15) is 0 Å².